The van der Waals surface area contributed by atoms with Crippen LogP contribution in [0.2, 0.25) is 0 Å². The van der Waals surface area contributed by atoms with Crippen LogP contribution in [0.1, 0.15) is 49.3 Å². The van der Waals surface area contributed by atoms with E-state index in [0.29, 0.717) is 18.9 Å². The Morgan fingerprint density at radius 1 is 1.40 bits per heavy atom. The van der Waals surface area contributed by atoms with Crippen molar-refractivity contribution in [2.75, 3.05) is 13.7 Å². The summed E-state index contributed by atoms with van der Waals surface area (Å²) in [7, 11) is 1.69. The van der Waals surface area contributed by atoms with E-state index in [1.807, 2.05) is 13.8 Å². The van der Waals surface area contributed by atoms with E-state index in [9.17, 15) is 4.79 Å². The molecule has 2 rings (SSSR count). The summed E-state index contributed by atoms with van der Waals surface area (Å²) in [6, 6.07) is 4.22. The predicted molar refractivity (Wildman–Crippen MR) is 80.0 cm³/mol. The van der Waals surface area contributed by atoms with Crippen molar-refractivity contribution >= 4 is 11.5 Å². The smallest absolute Gasteiger partial charge is 0.310 e. The molecule has 0 saturated heterocycles. The highest BCUT2D eigenvalue weighted by Crippen LogP contribution is 2.39. The van der Waals surface area contributed by atoms with E-state index in [1.54, 1.807) is 7.11 Å². The molecular formula is C17H22O3. The molecule has 1 aliphatic rings. The zero-order valence-electron chi connectivity index (χ0n) is 12.7. The number of carbonyl (C=O) groups is 1. The molecular weight excluding hydrogens is 252 g/mol. The van der Waals surface area contributed by atoms with Crippen molar-refractivity contribution in [2.24, 2.45) is 0 Å². The van der Waals surface area contributed by atoms with Gasteiger partial charge in [-0.2, -0.15) is 0 Å². The minimum absolute atomic E-state index is 0.160. The monoisotopic (exact) mass is 274 g/mol. The average molecular weight is 274 g/mol. The number of allylic oxidation sites excluding steroid dienone is 1. The van der Waals surface area contributed by atoms with E-state index < -0.39 is 0 Å². The van der Waals surface area contributed by atoms with E-state index in [4.69, 9.17) is 9.47 Å². The molecule has 3 heteroatoms. The maximum absolute atomic E-state index is 11.7. The molecule has 0 amide bonds. The van der Waals surface area contributed by atoms with Crippen molar-refractivity contribution in [3.8, 4) is 5.75 Å². The molecule has 1 aromatic rings. The van der Waals surface area contributed by atoms with Gasteiger partial charge in [-0.25, -0.2) is 0 Å². The lowest BCUT2D eigenvalue weighted by atomic mass is 9.82. The third-order valence-electron chi connectivity index (χ3n) is 3.80. The van der Waals surface area contributed by atoms with Gasteiger partial charge in [-0.3, -0.25) is 4.79 Å². The summed E-state index contributed by atoms with van der Waals surface area (Å²) in [4.78, 5) is 11.7. The summed E-state index contributed by atoms with van der Waals surface area (Å²) in [6.45, 7) is 6.49. The molecule has 0 aromatic heterocycles. The van der Waals surface area contributed by atoms with Gasteiger partial charge in [0.1, 0.15) is 5.75 Å². The number of benzene rings is 1. The number of hydrogen-bond donors (Lipinski definition) is 0. The highest BCUT2D eigenvalue weighted by Gasteiger charge is 2.22. The quantitative estimate of drug-likeness (QED) is 0.782. The maximum Gasteiger partial charge on any atom is 0.310 e. The second-order valence-corrected chi connectivity index (χ2v) is 5.26. The van der Waals surface area contributed by atoms with Gasteiger partial charge in [-0.1, -0.05) is 13.0 Å². The Balaban J connectivity index is 2.36. The van der Waals surface area contributed by atoms with Crippen LogP contribution < -0.4 is 4.74 Å². The molecule has 0 aliphatic heterocycles. The van der Waals surface area contributed by atoms with Crippen LogP contribution in [0, 0.1) is 6.92 Å². The highest BCUT2D eigenvalue weighted by molar-refractivity contribution is 5.87. The molecule has 3 nitrogen and oxygen atoms in total. The Bertz CT molecular complexity index is 543. The molecule has 1 aliphatic carbocycles. The maximum atomic E-state index is 11.7. The standard InChI is InChI=1S/C17H22O3/c1-5-20-17(18)9-13-7-6-11(2)14-10-16(19-4)12(3)8-15(13)14/h7-8,10-11H,5-6,9H2,1-4H3. The van der Waals surface area contributed by atoms with Crippen molar-refractivity contribution < 1.29 is 14.3 Å². The number of aryl methyl sites for hydroxylation is 1. The summed E-state index contributed by atoms with van der Waals surface area (Å²) in [5, 5.41) is 0. The summed E-state index contributed by atoms with van der Waals surface area (Å²) < 4.78 is 10.5. The lowest BCUT2D eigenvalue weighted by Crippen LogP contribution is -2.10. The number of hydrogen-bond acceptors (Lipinski definition) is 3. The lowest BCUT2D eigenvalue weighted by Gasteiger charge is -2.24. The van der Waals surface area contributed by atoms with Gasteiger partial charge in [0, 0.05) is 0 Å². The van der Waals surface area contributed by atoms with Crippen molar-refractivity contribution in [3.05, 3.63) is 34.9 Å². The summed E-state index contributed by atoms with van der Waals surface area (Å²) in [6.07, 6.45) is 3.46. The molecule has 0 spiro atoms. The van der Waals surface area contributed by atoms with E-state index in [0.717, 1.165) is 28.9 Å². The average Bonchev–Trinajstić information content (AvgIpc) is 2.42. The van der Waals surface area contributed by atoms with Crippen molar-refractivity contribution in [1.82, 2.24) is 0 Å². The second-order valence-electron chi connectivity index (χ2n) is 5.26. The van der Waals surface area contributed by atoms with Gasteiger partial charge in [-0.15, -0.1) is 0 Å². The molecule has 0 radical (unpaired) electrons. The third-order valence-corrected chi connectivity index (χ3v) is 3.80. The van der Waals surface area contributed by atoms with Crippen LogP contribution in [0.25, 0.3) is 5.57 Å². The SMILES string of the molecule is CCOC(=O)CC1=CCC(C)c2cc(OC)c(C)cc21. The minimum Gasteiger partial charge on any atom is -0.496 e. The fourth-order valence-electron chi connectivity index (χ4n) is 2.70. The van der Waals surface area contributed by atoms with Crippen LogP contribution in [0.5, 0.6) is 5.75 Å². The highest BCUT2D eigenvalue weighted by atomic mass is 16.5. The minimum atomic E-state index is -0.160. The first kappa shape index (κ1) is 14.6. The van der Waals surface area contributed by atoms with Crippen molar-refractivity contribution in [1.29, 1.82) is 0 Å². The number of esters is 1. The first-order valence-electron chi connectivity index (χ1n) is 7.10. The molecule has 1 aromatic carbocycles. The predicted octanol–water partition coefficient (Wildman–Crippen LogP) is 3.85. The number of methoxy groups -OCH3 is 1. The van der Waals surface area contributed by atoms with E-state index in [1.165, 1.54) is 5.56 Å². The van der Waals surface area contributed by atoms with Gasteiger partial charge >= 0.3 is 5.97 Å². The normalized spacial score (nSPS) is 17.2. The van der Waals surface area contributed by atoms with E-state index in [2.05, 4.69) is 25.1 Å². The largest absolute Gasteiger partial charge is 0.496 e. The molecule has 0 fully saturated rings. The van der Waals surface area contributed by atoms with Gasteiger partial charge in [-0.05, 0) is 60.6 Å². The van der Waals surface area contributed by atoms with Gasteiger partial charge in [0.25, 0.3) is 0 Å². The van der Waals surface area contributed by atoms with Crippen LogP contribution in [0.3, 0.4) is 0 Å². The Morgan fingerprint density at radius 3 is 2.80 bits per heavy atom. The molecule has 0 saturated carbocycles. The Labute approximate surface area is 120 Å². The molecule has 1 unspecified atom stereocenters. The number of ether oxygens (including phenoxy) is 2. The number of rotatable bonds is 4. The Hall–Kier alpha value is -1.77. The Kier molecular flexibility index (Phi) is 4.48. The van der Waals surface area contributed by atoms with E-state index >= 15 is 0 Å². The van der Waals surface area contributed by atoms with Crippen LogP contribution >= 0.6 is 0 Å². The zero-order valence-corrected chi connectivity index (χ0v) is 12.7. The summed E-state index contributed by atoms with van der Waals surface area (Å²) in [5.41, 5.74) is 4.58. The van der Waals surface area contributed by atoms with E-state index in [-0.39, 0.29) is 5.97 Å². The first-order valence-corrected chi connectivity index (χ1v) is 7.10. The van der Waals surface area contributed by atoms with Crippen LogP contribution in [-0.2, 0) is 9.53 Å². The van der Waals surface area contributed by atoms with Crippen LogP contribution in [0.4, 0.5) is 0 Å². The van der Waals surface area contributed by atoms with Crippen molar-refractivity contribution in [3.63, 3.8) is 0 Å². The topological polar surface area (TPSA) is 35.5 Å². The first-order chi connectivity index (χ1) is 9.56. The van der Waals surface area contributed by atoms with Crippen LogP contribution in [-0.4, -0.2) is 19.7 Å². The third kappa shape index (κ3) is 2.87. The fourth-order valence-corrected chi connectivity index (χ4v) is 2.70. The Morgan fingerprint density at radius 2 is 2.15 bits per heavy atom. The zero-order chi connectivity index (χ0) is 14.7. The number of carbonyl (C=O) groups excluding carboxylic acids is 1. The summed E-state index contributed by atoms with van der Waals surface area (Å²) in [5.74, 6) is 1.20. The summed E-state index contributed by atoms with van der Waals surface area (Å²) >= 11 is 0. The molecule has 0 heterocycles. The van der Waals surface area contributed by atoms with Gasteiger partial charge in [0.15, 0.2) is 0 Å². The number of fused-ring (bicyclic) bond motifs is 1. The second kappa shape index (κ2) is 6.12. The molecule has 1 atom stereocenters. The lowest BCUT2D eigenvalue weighted by molar-refractivity contribution is -0.141. The molecule has 108 valence electrons. The molecule has 0 bridgehead atoms. The van der Waals surface area contributed by atoms with Gasteiger partial charge in [0.2, 0.25) is 0 Å². The van der Waals surface area contributed by atoms with Crippen LogP contribution in [0.15, 0.2) is 18.2 Å². The molecule has 0 N–H and O–H groups in total. The fraction of sp³-hybridized carbons (Fsp3) is 0.471. The van der Waals surface area contributed by atoms with Crippen molar-refractivity contribution in [2.45, 2.75) is 39.5 Å². The van der Waals surface area contributed by atoms with Gasteiger partial charge < -0.3 is 9.47 Å². The molecule has 20 heavy (non-hydrogen) atoms. The van der Waals surface area contributed by atoms with Gasteiger partial charge in [0.05, 0.1) is 20.1 Å².